The summed E-state index contributed by atoms with van der Waals surface area (Å²) >= 11 is 7.49. The molecule has 1 amide bonds. The van der Waals surface area contributed by atoms with E-state index in [0.29, 0.717) is 5.11 Å². The smallest absolute Gasteiger partial charge is 0.257 e. The number of carbonyl (C=O) groups is 1. The molecule has 7 heteroatoms. The van der Waals surface area contributed by atoms with Gasteiger partial charge in [-0.2, -0.15) is 0 Å². The highest BCUT2D eigenvalue weighted by Crippen LogP contribution is 2.46. The maximum atomic E-state index is 13.0. The third kappa shape index (κ3) is 3.04. The number of methoxy groups -OCH3 is 1. The van der Waals surface area contributed by atoms with Gasteiger partial charge in [0.05, 0.1) is 12.8 Å². The molecular weight excluding hydrogens is 378 g/mol. The molecule has 2 aromatic carbocycles. The molecule has 2 saturated heterocycles. The molecule has 2 atom stereocenters. The van der Waals surface area contributed by atoms with Crippen LogP contribution in [0.2, 0.25) is 0 Å². The van der Waals surface area contributed by atoms with Gasteiger partial charge in [-0.1, -0.05) is 12.1 Å². The number of thioether (sulfide) groups is 1. The molecule has 2 fully saturated rings. The van der Waals surface area contributed by atoms with Crippen LogP contribution < -0.4 is 14.5 Å². The number of ether oxygens (including phenoxy) is 1. The van der Waals surface area contributed by atoms with E-state index in [2.05, 4.69) is 34.1 Å². The van der Waals surface area contributed by atoms with Gasteiger partial charge in [-0.15, -0.1) is 11.8 Å². The lowest BCUT2D eigenvalue weighted by atomic mass is 10.1. The average molecular weight is 400 g/mol. The van der Waals surface area contributed by atoms with Crippen molar-refractivity contribution in [3.05, 3.63) is 54.1 Å². The lowest BCUT2D eigenvalue weighted by Crippen LogP contribution is -2.33. The molecule has 2 heterocycles. The van der Waals surface area contributed by atoms with E-state index in [1.165, 1.54) is 5.56 Å². The molecule has 0 N–H and O–H groups in total. The van der Waals surface area contributed by atoms with Crippen LogP contribution in [0.1, 0.15) is 10.9 Å². The second-order valence-electron chi connectivity index (χ2n) is 6.75. The van der Waals surface area contributed by atoms with E-state index >= 15 is 0 Å². The normalized spacial score (nSPS) is 21.6. The van der Waals surface area contributed by atoms with Crippen LogP contribution in [-0.4, -0.2) is 48.9 Å². The Kier molecular flexibility index (Phi) is 4.74. The first-order valence-electron chi connectivity index (χ1n) is 8.70. The predicted octanol–water partition coefficient (Wildman–Crippen LogP) is 3.51. The number of carbonyl (C=O) groups excluding carboxylic acids is 1. The minimum Gasteiger partial charge on any atom is -0.497 e. The van der Waals surface area contributed by atoms with Gasteiger partial charge in [-0.25, -0.2) is 0 Å². The summed E-state index contributed by atoms with van der Waals surface area (Å²) in [5, 5.41) is 0.632. The summed E-state index contributed by atoms with van der Waals surface area (Å²) in [4.78, 5) is 18.8. The zero-order valence-electron chi connectivity index (χ0n) is 15.5. The number of thiocarbonyl (C=S) groups is 1. The summed E-state index contributed by atoms with van der Waals surface area (Å²) in [5.41, 5.74) is 3.10. The van der Waals surface area contributed by atoms with Gasteiger partial charge in [0.25, 0.3) is 5.91 Å². The highest BCUT2D eigenvalue weighted by molar-refractivity contribution is 7.99. The van der Waals surface area contributed by atoms with E-state index in [-0.39, 0.29) is 17.3 Å². The van der Waals surface area contributed by atoms with E-state index in [1.54, 1.807) is 23.8 Å². The Morgan fingerprint density at radius 3 is 2.37 bits per heavy atom. The van der Waals surface area contributed by atoms with Crippen molar-refractivity contribution in [2.45, 2.75) is 11.4 Å². The molecule has 0 bridgehead atoms. The lowest BCUT2D eigenvalue weighted by molar-refractivity contribution is -0.119. The number of rotatable bonds is 4. The standard InChI is InChI=1S/C20H21N3O2S2/c1-21(2)14-6-4-13(5-7-14)19-23-17(12-27-19)18(24)22(20(23)26)15-8-10-16(25-3)11-9-15/h4-11,17,19H,12H2,1-3H3. The van der Waals surface area contributed by atoms with Crippen molar-refractivity contribution in [1.29, 1.82) is 0 Å². The molecular formula is C20H21N3O2S2. The van der Waals surface area contributed by atoms with Gasteiger partial charge in [0.2, 0.25) is 0 Å². The molecule has 0 aliphatic carbocycles. The van der Waals surface area contributed by atoms with Crippen LogP contribution in [0.5, 0.6) is 5.75 Å². The van der Waals surface area contributed by atoms with Crippen molar-refractivity contribution in [3.63, 3.8) is 0 Å². The molecule has 2 aromatic rings. The number of anilines is 2. The minimum absolute atomic E-state index is 0.0464. The molecule has 140 valence electrons. The zero-order chi connectivity index (χ0) is 19.1. The molecule has 27 heavy (non-hydrogen) atoms. The Morgan fingerprint density at radius 1 is 1.11 bits per heavy atom. The van der Waals surface area contributed by atoms with Crippen LogP contribution in [0.15, 0.2) is 48.5 Å². The fourth-order valence-electron chi connectivity index (χ4n) is 3.45. The Balaban J connectivity index is 1.61. The fraction of sp³-hybridized carbons (Fsp3) is 0.300. The number of benzene rings is 2. The molecule has 0 aromatic heterocycles. The number of amides is 1. The third-order valence-electron chi connectivity index (χ3n) is 4.94. The molecule has 2 aliphatic rings. The number of nitrogens with zero attached hydrogens (tertiary/aromatic N) is 3. The van der Waals surface area contributed by atoms with E-state index < -0.39 is 0 Å². The first-order chi connectivity index (χ1) is 13.0. The maximum absolute atomic E-state index is 13.0. The molecule has 2 unspecified atom stereocenters. The number of hydrogen-bond acceptors (Lipinski definition) is 5. The lowest BCUT2D eigenvalue weighted by Gasteiger charge is -2.26. The number of fused-ring (bicyclic) bond motifs is 1. The van der Waals surface area contributed by atoms with E-state index in [1.807, 2.05) is 38.4 Å². The SMILES string of the molecule is COc1ccc(N2C(=O)C3CSC(c4ccc(N(C)C)cc4)N3C2=S)cc1. The second-order valence-corrected chi connectivity index (χ2v) is 8.23. The molecule has 4 rings (SSSR count). The van der Waals surface area contributed by atoms with Crippen LogP contribution in [0, 0.1) is 0 Å². The van der Waals surface area contributed by atoms with Gasteiger partial charge in [0.1, 0.15) is 17.2 Å². The van der Waals surface area contributed by atoms with Crippen LogP contribution in [0.25, 0.3) is 0 Å². The largest absolute Gasteiger partial charge is 0.497 e. The monoisotopic (exact) mass is 399 g/mol. The van der Waals surface area contributed by atoms with Gasteiger partial charge >= 0.3 is 0 Å². The molecule has 2 aliphatic heterocycles. The van der Waals surface area contributed by atoms with Crippen molar-refractivity contribution in [2.24, 2.45) is 0 Å². The molecule has 5 nitrogen and oxygen atoms in total. The van der Waals surface area contributed by atoms with Crippen LogP contribution in [0.3, 0.4) is 0 Å². The first-order valence-corrected chi connectivity index (χ1v) is 10.2. The summed E-state index contributed by atoms with van der Waals surface area (Å²) in [5.74, 6) is 1.54. The fourth-order valence-corrected chi connectivity index (χ4v) is 5.37. The summed E-state index contributed by atoms with van der Waals surface area (Å²) in [6.07, 6.45) is 0. The molecule has 0 spiro atoms. The predicted molar refractivity (Wildman–Crippen MR) is 115 cm³/mol. The van der Waals surface area contributed by atoms with Crippen molar-refractivity contribution in [1.82, 2.24) is 4.90 Å². The summed E-state index contributed by atoms with van der Waals surface area (Å²) < 4.78 is 5.21. The second kappa shape index (κ2) is 7.05. The van der Waals surface area contributed by atoms with Crippen LogP contribution in [0.4, 0.5) is 11.4 Å². The Labute approximate surface area is 168 Å². The average Bonchev–Trinajstić information content (AvgIpc) is 3.22. The highest BCUT2D eigenvalue weighted by atomic mass is 32.2. The molecule has 0 saturated carbocycles. The number of hydrogen-bond donors (Lipinski definition) is 0. The van der Waals surface area contributed by atoms with Gasteiger partial charge in [0.15, 0.2) is 5.11 Å². The van der Waals surface area contributed by atoms with Gasteiger partial charge in [0, 0.05) is 25.5 Å². The Bertz CT molecular complexity index is 868. The third-order valence-corrected chi connectivity index (χ3v) is 6.66. The zero-order valence-corrected chi connectivity index (χ0v) is 17.1. The summed E-state index contributed by atoms with van der Waals surface area (Å²) in [6.45, 7) is 0. The van der Waals surface area contributed by atoms with Crippen molar-refractivity contribution >= 4 is 46.4 Å². The Morgan fingerprint density at radius 2 is 1.78 bits per heavy atom. The van der Waals surface area contributed by atoms with E-state index in [4.69, 9.17) is 17.0 Å². The van der Waals surface area contributed by atoms with Crippen molar-refractivity contribution in [2.75, 3.05) is 36.8 Å². The van der Waals surface area contributed by atoms with E-state index in [9.17, 15) is 4.79 Å². The Hall–Kier alpha value is -2.25. The first kappa shape index (κ1) is 18.1. The minimum atomic E-state index is -0.205. The summed E-state index contributed by atoms with van der Waals surface area (Å²) in [6, 6.07) is 15.7. The van der Waals surface area contributed by atoms with Crippen molar-refractivity contribution in [3.8, 4) is 5.75 Å². The highest BCUT2D eigenvalue weighted by Gasteiger charge is 2.50. The quantitative estimate of drug-likeness (QED) is 0.733. The summed E-state index contributed by atoms with van der Waals surface area (Å²) in [7, 11) is 5.67. The maximum Gasteiger partial charge on any atom is 0.257 e. The van der Waals surface area contributed by atoms with Gasteiger partial charge in [-0.3, -0.25) is 9.69 Å². The topological polar surface area (TPSA) is 36.0 Å². The van der Waals surface area contributed by atoms with Crippen LogP contribution >= 0.6 is 24.0 Å². The molecule has 0 radical (unpaired) electrons. The van der Waals surface area contributed by atoms with E-state index in [0.717, 1.165) is 22.9 Å². The van der Waals surface area contributed by atoms with Crippen LogP contribution in [-0.2, 0) is 4.79 Å². The van der Waals surface area contributed by atoms with Gasteiger partial charge < -0.3 is 14.5 Å². The van der Waals surface area contributed by atoms with Crippen molar-refractivity contribution < 1.29 is 9.53 Å². The van der Waals surface area contributed by atoms with Gasteiger partial charge in [-0.05, 0) is 54.2 Å².